The number of hydrogen-bond acceptors (Lipinski definition) is 2. The lowest BCUT2D eigenvalue weighted by Crippen LogP contribution is -2.46. The molecule has 2 amide bonds. The van der Waals surface area contributed by atoms with Crippen LogP contribution in [0.25, 0.3) is 0 Å². The molecule has 1 aromatic carbocycles. The fourth-order valence-electron chi connectivity index (χ4n) is 2.32. The highest BCUT2D eigenvalue weighted by Crippen LogP contribution is 2.17. The molecule has 0 radical (unpaired) electrons. The Balaban J connectivity index is 1.94. The maximum atomic E-state index is 12.3. The Bertz CT molecular complexity index is 482. The fraction of sp³-hybridized carbons (Fsp3) is 0.429. The lowest BCUT2D eigenvalue weighted by molar-refractivity contribution is -0.119. The first kappa shape index (κ1) is 14.1. The van der Waals surface area contributed by atoms with E-state index in [0.29, 0.717) is 18.7 Å². The van der Waals surface area contributed by atoms with Crippen LogP contribution in [0.4, 0.5) is 0 Å². The van der Waals surface area contributed by atoms with Crippen LogP contribution in [-0.4, -0.2) is 35.8 Å². The lowest BCUT2D eigenvalue weighted by atomic mass is 10.0. The third-order valence-corrected chi connectivity index (χ3v) is 3.75. The minimum absolute atomic E-state index is 0.00299. The summed E-state index contributed by atoms with van der Waals surface area (Å²) in [6.07, 6.45) is 1.64. The number of rotatable bonds is 2. The van der Waals surface area contributed by atoms with Crippen LogP contribution in [0.3, 0.4) is 0 Å². The monoisotopic (exact) mass is 324 g/mol. The molecule has 0 saturated carbocycles. The van der Waals surface area contributed by atoms with E-state index >= 15 is 0 Å². The van der Waals surface area contributed by atoms with E-state index in [9.17, 15) is 9.59 Å². The van der Waals surface area contributed by atoms with Crippen LogP contribution in [0.5, 0.6) is 0 Å². The Morgan fingerprint density at radius 1 is 1.32 bits per heavy atom. The molecule has 1 saturated heterocycles. The maximum Gasteiger partial charge on any atom is 0.253 e. The van der Waals surface area contributed by atoms with Crippen molar-refractivity contribution in [2.75, 3.05) is 13.1 Å². The highest BCUT2D eigenvalue weighted by Gasteiger charge is 2.23. The average Bonchev–Trinajstić information content (AvgIpc) is 2.38. The van der Waals surface area contributed by atoms with Gasteiger partial charge >= 0.3 is 0 Å². The molecule has 1 aromatic rings. The number of amides is 2. The minimum Gasteiger partial charge on any atom is -0.353 e. The number of halogens is 1. The summed E-state index contributed by atoms with van der Waals surface area (Å²) in [5.74, 6) is 0.0549. The molecular weight excluding hydrogens is 308 g/mol. The van der Waals surface area contributed by atoms with Crippen LogP contribution in [0.1, 0.15) is 30.1 Å². The second-order valence-corrected chi connectivity index (χ2v) is 5.69. The summed E-state index contributed by atoms with van der Waals surface area (Å²) >= 11 is 3.37. The normalized spacial score (nSPS) is 16.2. The van der Waals surface area contributed by atoms with Gasteiger partial charge in [-0.25, -0.2) is 0 Å². The Morgan fingerprint density at radius 2 is 2.00 bits per heavy atom. The lowest BCUT2D eigenvalue weighted by Gasteiger charge is -2.32. The van der Waals surface area contributed by atoms with E-state index in [1.807, 2.05) is 29.2 Å². The number of likely N-dealkylation sites (tertiary alicyclic amines) is 1. The van der Waals surface area contributed by atoms with Crippen molar-refractivity contribution in [1.29, 1.82) is 0 Å². The third kappa shape index (κ3) is 3.80. The quantitative estimate of drug-likeness (QED) is 0.906. The maximum absolute atomic E-state index is 12.3. The Labute approximate surface area is 121 Å². The number of carbonyl (C=O) groups is 2. The fourth-order valence-corrected chi connectivity index (χ4v) is 2.72. The molecule has 0 atom stereocenters. The molecule has 1 N–H and O–H groups in total. The summed E-state index contributed by atoms with van der Waals surface area (Å²) in [5.41, 5.74) is 0.701. The van der Waals surface area contributed by atoms with E-state index in [2.05, 4.69) is 21.2 Å². The largest absolute Gasteiger partial charge is 0.353 e. The highest BCUT2D eigenvalue weighted by atomic mass is 79.9. The second kappa shape index (κ2) is 6.19. The molecule has 0 spiro atoms. The average molecular weight is 325 g/mol. The van der Waals surface area contributed by atoms with E-state index in [0.717, 1.165) is 17.3 Å². The summed E-state index contributed by atoms with van der Waals surface area (Å²) in [6, 6.07) is 7.63. The molecular formula is C14H17BrN2O2. The standard InChI is InChI=1S/C14H17BrN2O2/c1-10(18)16-13-5-7-17(8-6-13)14(19)11-3-2-4-12(15)9-11/h2-4,9,13H,5-8H2,1H3,(H,16,18). The molecule has 1 aliphatic rings. The topological polar surface area (TPSA) is 49.4 Å². The van der Waals surface area contributed by atoms with Crippen molar-refractivity contribution in [3.63, 3.8) is 0 Å². The van der Waals surface area contributed by atoms with Crippen LogP contribution in [0, 0.1) is 0 Å². The van der Waals surface area contributed by atoms with Crippen molar-refractivity contribution in [3.8, 4) is 0 Å². The van der Waals surface area contributed by atoms with Gasteiger partial charge in [0.1, 0.15) is 0 Å². The SMILES string of the molecule is CC(=O)NC1CCN(C(=O)c2cccc(Br)c2)CC1. The van der Waals surface area contributed by atoms with Crippen molar-refractivity contribution in [1.82, 2.24) is 10.2 Å². The Kier molecular flexibility index (Phi) is 4.58. The van der Waals surface area contributed by atoms with Gasteiger partial charge in [0, 0.05) is 36.1 Å². The Hall–Kier alpha value is -1.36. The van der Waals surface area contributed by atoms with Gasteiger partial charge < -0.3 is 10.2 Å². The van der Waals surface area contributed by atoms with Crippen molar-refractivity contribution in [2.24, 2.45) is 0 Å². The number of hydrogen-bond donors (Lipinski definition) is 1. The molecule has 2 rings (SSSR count). The van der Waals surface area contributed by atoms with E-state index in [4.69, 9.17) is 0 Å². The summed E-state index contributed by atoms with van der Waals surface area (Å²) in [7, 11) is 0. The molecule has 1 heterocycles. The predicted octanol–water partition coefficient (Wildman–Crippen LogP) is 2.19. The van der Waals surface area contributed by atoms with Crippen molar-refractivity contribution in [3.05, 3.63) is 34.3 Å². The molecule has 0 aromatic heterocycles. The molecule has 1 aliphatic heterocycles. The van der Waals surface area contributed by atoms with Gasteiger partial charge in [0.25, 0.3) is 5.91 Å². The number of nitrogens with zero attached hydrogens (tertiary/aromatic N) is 1. The van der Waals surface area contributed by atoms with Gasteiger partial charge in [-0.1, -0.05) is 22.0 Å². The van der Waals surface area contributed by atoms with E-state index in [1.54, 1.807) is 0 Å². The number of piperidine rings is 1. The zero-order valence-corrected chi connectivity index (χ0v) is 12.4. The third-order valence-electron chi connectivity index (χ3n) is 3.26. The van der Waals surface area contributed by atoms with Gasteiger partial charge in [-0.2, -0.15) is 0 Å². The van der Waals surface area contributed by atoms with Gasteiger partial charge in [-0.05, 0) is 31.0 Å². The van der Waals surface area contributed by atoms with Crippen LogP contribution in [0.15, 0.2) is 28.7 Å². The van der Waals surface area contributed by atoms with Gasteiger partial charge in [0.15, 0.2) is 0 Å². The van der Waals surface area contributed by atoms with Crippen molar-refractivity contribution in [2.45, 2.75) is 25.8 Å². The molecule has 102 valence electrons. The van der Waals surface area contributed by atoms with Crippen molar-refractivity contribution >= 4 is 27.7 Å². The first-order valence-electron chi connectivity index (χ1n) is 6.38. The Morgan fingerprint density at radius 3 is 2.58 bits per heavy atom. The van der Waals surface area contributed by atoms with Gasteiger partial charge in [0.05, 0.1) is 0 Å². The molecule has 4 nitrogen and oxygen atoms in total. The summed E-state index contributed by atoms with van der Waals surface area (Å²) < 4.78 is 0.909. The molecule has 5 heteroatoms. The smallest absolute Gasteiger partial charge is 0.253 e. The molecule has 19 heavy (non-hydrogen) atoms. The van der Waals surface area contributed by atoms with Gasteiger partial charge in [-0.15, -0.1) is 0 Å². The minimum atomic E-state index is -0.00299. The van der Waals surface area contributed by atoms with Crippen molar-refractivity contribution < 1.29 is 9.59 Å². The second-order valence-electron chi connectivity index (χ2n) is 4.78. The zero-order chi connectivity index (χ0) is 13.8. The first-order chi connectivity index (χ1) is 9.06. The van der Waals surface area contributed by atoms with Crippen LogP contribution >= 0.6 is 15.9 Å². The molecule has 0 unspecified atom stereocenters. The van der Waals surface area contributed by atoms with Gasteiger partial charge in [0.2, 0.25) is 5.91 Å². The number of benzene rings is 1. The van der Waals surface area contributed by atoms with Crippen LogP contribution in [0.2, 0.25) is 0 Å². The summed E-state index contributed by atoms with van der Waals surface area (Å²) in [5, 5.41) is 2.91. The zero-order valence-electron chi connectivity index (χ0n) is 10.9. The van der Waals surface area contributed by atoms with Crippen LogP contribution < -0.4 is 5.32 Å². The first-order valence-corrected chi connectivity index (χ1v) is 7.17. The number of carbonyl (C=O) groups excluding carboxylic acids is 2. The summed E-state index contributed by atoms with van der Waals surface area (Å²) in [4.78, 5) is 25.1. The van der Waals surface area contributed by atoms with E-state index < -0.39 is 0 Å². The molecule has 0 bridgehead atoms. The van der Waals surface area contributed by atoms with E-state index in [-0.39, 0.29) is 17.9 Å². The molecule has 1 fully saturated rings. The van der Waals surface area contributed by atoms with E-state index in [1.165, 1.54) is 6.92 Å². The number of nitrogens with one attached hydrogen (secondary N) is 1. The van der Waals surface area contributed by atoms with Crippen LogP contribution in [-0.2, 0) is 4.79 Å². The predicted molar refractivity (Wildman–Crippen MR) is 76.9 cm³/mol. The molecule has 0 aliphatic carbocycles. The highest BCUT2D eigenvalue weighted by molar-refractivity contribution is 9.10. The van der Waals surface area contributed by atoms with Gasteiger partial charge in [-0.3, -0.25) is 9.59 Å². The summed E-state index contributed by atoms with van der Waals surface area (Å²) in [6.45, 7) is 2.91.